The number of fused-ring (bicyclic) bond motifs is 3. The summed E-state index contributed by atoms with van der Waals surface area (Å²) < 4.78 is 0. The number of benzene rings is 1. The molecule has 5 rings (SSSR count). The molecule has 0 heterocycles. The van der Waals surface area contributed by atoms with E-state index in [2.05, 4.69) is 0 Å². The first-order valence-electron chi connectivity index (χ1n) is 11.0. The Morgan fingerprint density at radius 3 is 2.36 bits per heavy atom. The normalized spacial score (nSPS) is 31.5. The zero-order chi connectivity index (χ0) is 24.0. The van der Waals surface area contributed by atoms with Gasteiger partial charge < -0.3 is 26.2 Å². The fourth-order valence-corrected chi connectivity index (χ4v) is 6.04. The first kappa shape index (κ1) is 21.7. The lowest BCUT2D eigenvalue weighted by atomic mass is 9.57. The Morgan fingerprint density at radius 2 is 1.79 bits per heavy atom. The molecule has 4 aliphatic carbocycles. The van der Waals surface area contributed by atoms with Gasteiger partial charge in [-0.25, -0.2) is 0 Å². The van der Waals surface area contributed by atoms with Crippen molar-refractivity contribution >= 4 is 23.2 Å². The number of nitrogens with zero attached hydrogens (tertiary/aromatic N) is 1. The van der Waals surface area contributed by atoms with Crippen LogP contribution >= 0.6 is 0 Å². The molecule has 0 saturated heterocycles. The number of nitrogens with two attached hydrogens (primary N) is 1. The van der Waals surface area contributed by atoms with Gasteiger partial charge in [0.25, 0.3) is 5.91 Å². The largest absolute Gasteiger partial charge is 0.508 e. The van der Waals surface area contributed by atoms with Crippen molar-refractivity contribution in [3.8, 4) is 5.75 Å². The van der Waals surface area contributed by atoms with Crippen LogP contribution in [0.5, 0.6) is 5.75 Å². The summed E-state index contributed by atoms with van der Waals surface area (Å²) in [5, 5.41) is 44.0. The number of likely N-dealkylation sites (N-methyl/N-ethyl adjacent to an activating group) is 1. The lowest BCUT2D eigenvalue weighted by Crippen LogP contribution is -2.65. The molecule has 9 heteroatoms. The van der Waals surface area contributed by atoms with Crippen molar-refractivity contribution in [1.29, 1.82) is 0 Å². The van der Waals surface area contributed by atoms with Crippen LogP contribution in [0.4, 0.5) is 0 Å². The predicted octanol–water partition coefficient (Wildman–Crippen LogP) is 0.841. The maximum absolute atomic E-state index is 13.7. The fraction of sp³-hybridized carbons (Fsp3) is 0.458. The van der Waals surface area contributed by atoms with Gasteiger partial charge in [0, 0.05) is 11.5 Å². The zero-order valence-corrected chi connectivity index (χ0v) is 18.3. The van der Waals surface area contributed by atoms with Crippen molar-refractivity contribution < 1.29 is 34.8 Å². The fourth-order valence-electron chi connectivity index (χ4n) is 6.04. The summed E-state index contributed by atoms with van der Waals surface area (Å²) in [5.41, 5.74) is 3.73. The molecule has 0 unspecified atom stereocenters. The number of aromatic hydroxyl groups is 1. The van der Waals surface area contributed by atoms with Gasteiger partial charge in [-0.2, -0.15) is 0 Å². The molecule has 1 aromatic carbocycles. The number of carbonyl (C=O) groups is 3. The molecule has 174 valence electrons. The Bertz CT molecular complexity index is 1190. The number of hydrogen-bond donors (Lipinski definition) is 5. The molecule has 9 nitrogen and oxygen atoms in total. The van der Waals surface area contributed by atoms with Gasteiger partial charge in [-0.3, -0.25) is 19.3 Å². The minimum atomic E-state index is -2.60. The van der Waals surface area contributed by atoms with Crippen LogP contribution in [0.25, 0.3) is 5.76 Å². The van der Waals surface area contributed by atoms with E-state index in [1.54, 1.807) is 14.1 Å². The van der Waals surface area contributed by atoms with E-state index in [4.69, 9.17) is 5.73 Å². The quantitative estimate of drug-likeness (QED) is 0.420. The topological polar surface area (TPSA) is 161 Å². The van der Waals surface area contributed by atoms with E-state index < -0.39 is 58.0 Å². The van der Waals surface area contributed by atoms with E-state index >= 15 is 0 Å². The summed E-state index contributed by atoms with van der Waals surface area (Å²) in [4.78, 5) is 40.2. The summed E-state index contributed by atoms with van der Waals surface area (Å²) in [6.07, 6.45) is 2.46. The van der Waals surface area contributed by atoms with Crippen molar-refractivity contribution in [2.75, 3.05) is 14.1 Å². The Balaban J connectivity index is 1.74. The Morgan fingerprint density at radius 1 is 1.12 bits per heavy atom. The third-order valence-electron chi connectivity index (χ3n) is 7.66. The molecule has 4 aliphatic rings. The van der Waals surface area contributed by atoms with Gasteiger partial charge in [-0.15, -0.1) is 0 Å². The average Bonchev–Trinajstić information content (AvgIpc) is 3.55. The third-order valence-corrected chi connectivity index (χ3v) is 7.66. The van der Waals surface area contributed by atoms with Gasteiger partial charge in [-0.05, 0) is 68.8 Å². The van der Waals surface area contributed by atoms with Gasteiger partial charge in [0.15, 0.2) is 11.4 Å². The number of aliphatic hydroxyl groups excluding tert-OH is 2. The number of amides is 1. The smallest absolute Gasteiger partial charge is 0.255 e. The number of phenolic OH excluding ortho intramolecular Hbond substituents is 1. The van der Waals surface area contributed by atoms with E-state index in [0.717, 1.165) is 24.0 Å². The second-order valence-corrected chi connectivity index (χ2v) is 9.76. The highest BCUT2D eigenvalue weighted by molar-refractivity contribution is 6.24. The number of carbonyl (C=O) groups excluding carboxylic acids is 3. The van der Waals surface area contributed by atoms with E-state index in [1.807, 2.05) is 6.07 Å². The monoisotopic (exact) mass is 454 g/mol. The Hall–Kier alpha value is -3.17. The molecule has 2 fully saturated rings. The van der Waals surface area contributed by atoms with Crippen molar-refractivity contribution in [3.63, 3.8) is 0 Å². The first-order valence-corrected chi connectivity index (χ1v) is 11.0. The van der Waals surface area contributed by atoms with E-state index in [0.29, 0.717) is 12.3 Å². The van der Waals surface area contributed by atoms with Gasteiger partial charge in [0.05, 0.1) is 11.6 Å². The van der Waals surface area contributed by atoms with Crippen LogP contribution in [0.1, 0.15) is 41.9 Å². The molecule has 0 aliphatic heterocycles. The van der Waals surface area contributed by atoms with Gasteiger partial charge in [0.2, 0.25) is 5.78 Å². The maximum Gasteiger partial charge on any atom is 0.255 e. The third kappa shape index (κ3) is 2.75. The van der Waals surface area contributed by atoms with E-state index in [1.165, 1.54) is 11.0 Å². The number of rotatable bonds is 3. The summed E-state index contributed by atoms with van der Waals surface area (Å²) in [6.45, 7) is 0. The lowest BCUT2D eigenvalue weighted by molar-refractivity contribution is -0.153. The number of primary amides is 1. The van der Waals surface area contributed by atoms with Crippen LogP contribution < -0.4 is 5.73 Å². The summed E-state index contributed by atoms with van der Waals surface area (Å²) in [7, 11) is 3.16. The minimum absolute atomic E-state index is 0.103. The highest BCUT2D eigenvalue weighted by atomic mass is 16.3. The van der Waals surface area contributed by atoms with Crippen LogP contribution in [-0.4, -0.2) is 68.5 Å². The van der Waals surface area contributed by atoms with Crippen molar-refractivity contribution in [1.82, 2.24) is 4.90 Å². The summed E-state index contributed by atoms with van der Waals surface area (Å²) >= 11 is 0. The molecule has 0 radical (unpaired) electrons. The SMILES string of the molecule is CN(C)[C@@H]1C(=O)C(C(N)=O)=C(O)[C@@]2(O)C(=O)C3=C(O)c4c(O)ccc(C5CC5)c4C[C@H]3C[C@@H]12. The minimum Gasteiger partial charge on any atom is -0.508 e. The second-order valence-electron chi connectivity index (χ2n) is 9.76. The molecule has 33 heavy (non-hydrogen) atoms. The number of phenols is 1. The van der Waals surface area contributed by atoms with Crippen LogP contribution in [0, 0.1) is 11.8 Å². The van der Waals surface area contributed by atoms with Crippen LogP contribution in [0.15, 0.2) is 29.0 Å². The molecule has 0 spiro atoms. The van der Waals surface area contributed by atoms with E-state index in [9.17, 15) is 34.8 Å². The van der Waals surface area contributed by atoms with Gasteiger partial charge in [-0.1, -0.05) is 6.07 Å². The molecular weight excluding hydrogens is 428 g/mol. The highest BCUT2D eigenvalue weighted by Crippen LogP contribution is 2.54. The second kappa shape index (κ2) is 6.91. The molecule has 6 N–H and O–H groups in total. The highest BCUT2D eigenvalue weighted by Gasteiger charge is 2.64. The molecule has 0 aromatic heterocycles. The van der Waals surface area contributed by atoms with Gasteiger partial charge in [0.1, 0.15) is 22.8 Å². The number of ketones is 2. The zero-order valence-electron chi connectivity index (χ0n) is 18.3. The Kier molecular flexibility index (Phi) is 4.54. The van der Waals surface area contributed by atoms with E-state index in [-0.39, 0.29) is 23.3 Å². The molecule has 1 aromatic rings. The van der Waals surface area contributed by atoms with Crippen molar-refractivity contribution in [2.45, 2.75) is 43.2 Å². The van der Waals surface area contributed by atoms with Crippen LogP contribution in [-0.2, 0) is 20.8 Å². The lowest BCUT2D eigenvalue weighted by Gasteiger charge is -2.50. The summed E-state index contributed by atoms with van der Waals surface area (Å²) in [5.74, 6) is -5.94. The number of Topliss-reactive ketones (excluding diaryl/α,β-unsaturated/α-hetero) is 2. The van der Waals surface area contributed by atoms with Crippen LogP contribution in [0.2, 0.25) is 0 Å². The number of aliphatic hydroxyl groups is 3. The van der Waals surface area contributed by atoms with Crippen molar-refractivity contribution in [2.24, 2.45) is 17.6 Å². The standard InChI is InChI=1S/C24H26N2O7/c1-26(2)18-13-8-10-7-12-11(9-3-4-9)5-6-14(27)16(12)19(28)15(10)21(30)24(13,33)22(31)17(20(18)29)23(25)32/h5-6,9-10,13,18,27-28,31,33H,3-4,7-8H2,1-2H3,(H2,25,32)/t10-,13-,18-,24-/m0/s1. The van der Waals surface area contributed by atoms with Crippen molar-refractivity contribution in [3.05, 3.63) is 45.7 Å². The molecular formula is C24H26N2O7. The first-order chi connectivity index (χ1) is 15.5. The van der Waals surface area contributed by atoms with Crippen LogP contribution in [0.3, 0.4) is 0 Å². The summed E-state index contributed by atoms with van der Waals surface area (Å²) in [6, 6.07) is 2.25. The predicted molar refractivity (Wildman–Crippen MR) is 116 cm³/mol. The number of hydrogen-bond acceptors (Lipinski definition) is 8. The molecule has 1 amide bonds. The molecule has 2 saturated carbocycles. The average molecular weight is 454 g/mol. The Labute approximate surface area is 189 Å². The molecule has 0 bridgehead atoms. The van der Waals surface area contributed by atoms with Gasteiger partial charge >= 0.3 is 0 Å². The maximum atomic E-state index is 13.7. The molecule has 4 atom stereocenters.